The van der Waals surface area contributed by atoms with Crippen LogP contribution in [0.15, 0.2) is 73.3 Å². The second kappa shape index (κ2) is 10.3. The van der Waals surface area contributed by atoms with Gasteiger partial charge in [0.1, 0.15) is 22.9 Å². The number of amides is 3. The first kappa shape index (κ1) is 25.5. The molecule has 39 heavy (non-hydrogen) atoms. The number of pyridine rings is 1. The van der Waals surface area contributed by atoms with Crippen molar-refractivity contribution in [3.63, 3.8) is 0 Å². The summed E-state index contributed by atoms with van der Waals surface area (Å²) in [6, 6.07) is 15.5. The van der Waals surface area contributed by atoms with Gasteiger partial charge in [-0.15, -0.1) is 0 Å². The van der Waals surface area contributed by atoms with Crippen molar-refractivity contribution < 1.29 is 14.3 Å². The van der Waals surface area contributed by atoms with Crippen molar-refractivity contribution >= 4 is 34.3 Å². The molecular formula is C28H28N8O3. The van der Waals surface area contributed by atoms with Crippen molar-refractivity contribution in [2.75, 3.05) is 17.7 Å². The van der Waals surface area contributed by atoms with Crippen LogP contribution in [-0.4, -0.2) is 43.7 Å². The average Bonchev–Trinajstić information content (AvgIpc) is 3.56. The first-order valence-corrected chi connectivity index (χ1v) is 12.3. The third-order valence-electron chi connectivity index (χ3n) is 5.88. The second-order valence-corrected chi connectivity index (χ2v) is 9.80. The van der Waals surface area contributed by atoms with Crippen molar-refractivity contribution in [2.45, 2.75) is 26.3 Å². The Bertz CT molecular complexity index is 1650. The maximum Gasteiger partial charge on any atom is 0.323 e. The summed E-state index contributed by atoms with van der Waals surface area (Å²) in [6.45, 7) is 6.12. The van der Waals surface area contributed by atoms with Crippen LogP contribution in [0.1, 0.15) is 31.3 Å². The van der Waals surface area contributed by atoms with Gasteiger partial charge in [0.05, 0.1) is 28.6 Å². The molecular weight excluding hydrogens is 496 g/mol. The highest BCUT2D eigenvalue weighted by Crippen LogP contribution is 2.31. The predicted molar refractivity (Wildman–Crippen MR) is 149 cm³/mol. The fourth-order valence-corrected chi connectivity index (χ4v) is 3.86. The summed E-state index contributed by atoms with van der Waals surface area (Å²) in [4.78, 5) is 36.2. The zero-order chi connectivity index (χ0) is 27.6. The number of nitrogens with one attached hydrogen (secondary N) is 4. The molecule has 3 heterocycles. The number of carbonyl (C=O) groups is 2. The molecule has 0 spiro atoms. The molecule has 3 amide bonds. The van der Waals surface area contributed by atoms with Gasteiger partial charge in [-0.3, -0.25) is 14.5 Å². The monoisotopic (exact) mass is 524 g/mol. The average molecular weight is 525 g/mol. The molecule has 2 aromatic carbocycles. The molecule has 0 bridgehead atoms. The number of benzene rings is 2. The molecule has 0 atom stereocenters. The van der Waals surface area contributed by atoms with Crippen LogP contribution in [0, 0.1) is 0 Å². The van der Waals surface area contributed by atoms with Gasteiger partial charge in [0.2, 0.25) is 0 Å². The number of imidazole rings is 1. The van der Waals surface area contributed by atoms with Crippen LogP contribution in [0.2, 0.25) is 0 Å². The molecule has 198 valence electrons. The molecule has 0 aliphatic rings. The van der Waals surface area contributed by atoms with E-state index in [4.69, 9.17) is 9.84 Å². The second-order valence-electron chi connectivity index (χ2n) is 9.80. The number of hydrogen-bond acceptors (Lipinski definition) is 6. The Morgan fingerprint density at radius 3 is 2.49 bits per heavy atom. The lowest BCUT2D eigenvalue weighted by atomic mass is 10.1. The summed E-state index contributed by atoms with van der Waals surface area (Å²) < 4.78 is 7.65. The highest BCUT2D eigenvalue weighted by Gasteiger charge is 2.21. The Hall–Kier alpha value is -5.19. The zero-order valence-corrected chi connectivity index (χ0v) is 21.9. The van der Waals surface area contributed by atoms with Gasteiger partial charge in [-0.05, 0) is 63.2 Å². The van der Waals surface area contributed by atoms with Crippen molar-refractivity contribution in [2.24, 2.45) is 0 Å². The summed E-state index contributed by atoms with van der Waals surface area (Å²) in [6.07, 6.45) is 4.97. The number of aromatic amines is 1. The van der Waals surface area contributed by atoms with E-state index in [-0.39, 0.29) is 17.1 Å². The van der Waals surface area contributed by atoms with Gasteiger partial charge >= 0.3 is 6.03 Å². The Morgan fingerprint density at radius 2 is 1.74 bits per heavy atom. The van der Waals surface area contributed by atoms with Gasteiger partial charge in [0.15, 0.2) is 0 Å². The topological polar surface area (TPSA) is 139 Å². The van der Waals surface area contributed by atoms with Gasteiger partial charge in [0.25, 0.3) is 5.91 Å². The Labute approximate surface area is 224 Å². The maximum absolute atomic E-state index is 12.9. The number of fused-ring (bicyclic) bond motifs is 1. The van der Waals surface area contributed by atoms with E-state index in [9.17, 15) is 9.59 Å². The van der Waals surface area contributed by atoms with Crippen LogP contribution in [0.3, 0.4) is 0 Å². The molecule has 4 N–H and O–H groups in total. The molecule has 11 heteroatoms. The minimum atomic E-state index is -0.413. The van der Waals surface area contributed by atoms with E-state index in [1.165, 1.54) is 13.2 Å². The molecule has 5 aromatic rings. The molecule has 11 nitrogen and oxygen atoms in total. The summed E-state index contributed by atoms with van der Waals surface area (Å²) >= 11 is 0. The third-order valence-corrected chi connectivity index (χ3v) is 5.88. The van der Waals surface area contributed by atoms with Gasteiger partial charge in [-0.1, -0.05) is 6.07 Å². The van der Waals surface area contributed by atoms with Crippen molar-refractivity contribution in [1.29, 1.82) is 0 Å². The van der Waals surface area contributed by atoms with E-state index < -0.39 is 6.03 Å². The quantitative estimate of drug-likeness (QED) is 0.235. The van der Waals surface area contributed by atoms with Crippen LogP contribution in [0.4, 0.5) is 16.2 Å². The van der Waals surface area contributed by atoms with E-state index in [2.05, 4.69) is 30.9 Å². The highest BCUT2D eigenvalue weighted by atomic mass is 16.5. The first-order valence-electron chi connectivity index (χ1n) is 12.3. The van der Waals surface area contributed by atoms with Gasteiger partial charge in [0, 0.05) is 36.8 Å². The molecule has 0 saturated heterocycles. The standard InChI is InChI=1S/C28H28N8O3/c1-28(2,3)36-15-24(25(35-36)17-5-10-21-22(13-17)32-16-31-21)34-27(38)33-18-6-8-19(9-7-18)39-20-11-12-30-23(14-20)26(37)29-4/h5-16H,1-4H3,(H,29,37)(H,31,32)(H2,33,34,38). The zero-order valence-electron chi connectivity index (χ0n) is 21.9. The number of nitrogens with zero attached hydrogens (tertiary/aromatic N) is 4. The van der Waals surface area contributed by atoms with Crippen LogP contribution in [0.5, 0.6) is 11.5 Å². The first-order chi connectivity index (χ1) is 18.7. The number of rotatable bonds is 6. The van der Waals surface area contributed by atoms with Gasteiger partial charge in [-0.25, -0.2) is 9.78 Å². The summed E-state index contributed by atoms with van der Waals surface area (Å²) in [5.41, 5.74) is 4.32. The highest BCUT2D eigenvalue weighted by molar-refractivity contribution is 6.02. The number of ether oxygens (including phenoxy) is 1. The molecule has 0 fully saturated rings. The maximum atomic E-state index is 12.9. The smallest absolute Gasteiger partial charge is 0.323 e. The number of aromatic nitrogens is 5. The minimum absolute atomic E-state index is 0.253. The number of anilines is 2. The van der Waals surface area contributed by atoms with Crippen molar-refractivity contribution in [3.8, 4) is 22.8 Å². The lowest BCUT2D eigenvalue weighted by molar-refractivity contribution is 0.0957. The number of urea groups is 1. The molecule has 0 aliphatic heterocycles. The SMILES string of the molecule is CNC(=O)c1cc(Oc2ccc(NC(=O)Nc3cn(C(C)(C)C)nc3-c3ccc4[nH]cnc4c3)cc2)ccn1. The fraction of sp³-hybridized carbons (Fsp3) is 0.179. The largest absolute Gasteiger partial charge is 0.457 e. The van der Waals surface area contributed by atoms with Gasteiger partial charge < -0.3 is 25.7 Å². The Balaban J connectivity index is 1.30. The normalized spacial score (nSPS) is 11.3. The molecule has 0 unspecified atom stereocenters. The Morgan fingerprint density at radius 1 is 0.949 bits per heavy atom. The summed E-state index contributed by atoms with van der Waals surface area (Å²) in [5, 5.41) is 13.1. The minimum Gasteiger partial charge on any atom is -0.457 e. The molecule has 0 aliphatic carbocycles. The van der Waals surface area contributed by atoms with Crippen LogP contribution >= 0.6 is 0 Å². The van der Waals surface area contributed by atoms with E-state index in [0.29, 0.717) is 28.6 Å². The Kier molecular flexibility index (Phi) is 6.72. The molecule has 0 radical (unpaired) electrons. The van der Waals surface area contributed by atoms with Gasteiger partial charge in [-0.2, -0.15) is 5.10 Å². The lowest BCUT2D eigenvalue weighted by Gasteiger charge is -2.18. The van der Waals surface area contributed by atoms with Crippen LogP contribution in [-0.2, 0) is 5.54 Å². The number of carbonyl (C=O) groups excluding carboxylic acids is 2. The van der Waals surface area contributed by atoms with Crippen molar-refractivity contribution in [3.05, 3.63) is 79.0 Å². The number of hydrogen-bond donors (Lipinski definition) is 4. The summed E-state index contributed by atoms with van der Waals surface area (Å²) in [5.74, 6) is 0.708. The summed E-state index contributed by atoms with van der Waals surface area (Å²) in [7, 11) is 1.54. The number of H-pyrrole nitrogens is 1. The van der Waals surface area contributed by atoms with Crippen LogP contribution in [0.25, 0.3) is 22.3 Å². The molecule has 0 saturated carbocycles. The fourth-order valence-electron chi connectivity index (χ4n) is 3.86. The van der Waals surface area contributed by atoms with E-state index >= 15 is 0 Å². The predicted octanol–water partition coefficient (Wildman–Crippen LogP) is 5.37. The van der Waals surface area contributed by atoms with E-state index in [1.54, 1.807) is 42.7 Å². The third kappa shape index (κ3) is 5.72. The molecule has 3 aromatic heterocycles. The van der Waals surface area contributed by atoms with E-state index in [0.717, 1.165) is 16.6 Å². The van der Waals surface area contributed by atoms with Crippen LogP contribution < -0.4 is 20.7 Å². The van der Waals surface area contributed by atoms with Crippen molar-refractivity contribution in [1.82, 2.24) is 30.0 Å². The molecule has 5 rings (SSSR count). The van der Waals surface area contributed by atoms with E-state index in [1.807, 2.05) is 49.8 Å². The lowest BCUT2D eigenvalue weighted by Crippen LogP contribution is -2.22.